The SMILES string of the molecule is C1CCC(C2(C3CNCCN3)CCCCC2)CC1. The molecule has 0 bridgehead atoms. The molecule has 0 spiro atoms. The van der Waals surface area contributed by atoms with Crippen molar-refractivity contribution in [1.29, 1.82) is 0 Å². The monoisotopic (exact) mass is 250 g/mol. The molecule has 0 aromatic carbocycles. The predicted molar refractivity (Wildman–Crippen MR) is 76.8 cm³/mol. The molecule has 2 saturated carbocycles. The minimum Gasteiger partial charge on any atom is -0.314 e. The van der Waals surface area contributed by atoms with Gasteiger partial charge in [0, 0.05) is 25.7 Å². The van der Waals surface area contributed by atoms with E-state index in [0.717, 1.165) is 18.5 Å². The minimum atomic E-state index is 0.645. The molecule has 2 heteroatoms. The Morgan fingerprint density at radius 1 is 0.778 bits per heavy atom. The molecule has 2 N–H and O–H groups in total. The molecule has 1 heterocycles. The van der Waals surface area contributed by atoms with E-state index < -0.39 is 0 Å². The quantitative estimate of drug-likeness (QED) is 0.787. The van der Waals surface area contributed by atoms with Crippen LogP contribution >= 0.6 is 0 Å². The Kier molecular flexibility index (Phi) is 4.25. The maximum absolute atomic E-state index is 3.86. The second-order valence-corrected chi connectivity index (χ2v) is 6.84. The first kappa shape index (κ1) is 12.9. The Morgan fingerprint density at radius 2 is 1.50 bits per heavy atom. The zero-order chi connectivity index (χ0) is 12.3. The molecule has 2 aliphatic carbocycles. The summed E-state index contributed by atoms with van der Waals surface area (Å²) in [6.45, 7) is 3.56. The van der Waals surface area contributed by atoms with Crippen molar-refractivity contribution >= 4 is 0 Å². The van der Waals surface area contributed by atoms with Crippen LogP contribution in [0.3, 0.4) is 0 Å². The zero-order valence-electron chi connectivity index (χ0n) is 11.8. The first-order valence-corrected chi connectivity index (χ1v) is 8.36. The number of rotatable bonds is 2. The highest BCUT2D eigenvalue weighted by atomic mass is 15.1. The normalized spacial score (nSPS) is 34.3. The van der Waals surface area contributed by atoms with Gasteiger partial charge in [-0.1, -0.05) is 38.5 Å². The van der Waals surface area contributed by atoms with Crippen LogP contribution < -0.4 is 10.6 Å². The summed E-state index contributed by atoms with van der Waals surface area (Å²) in [7, 11) is 0. The second-order valence-electron chi connectivity index (χ2n) is 6.84. The van der Waals surface area contributed by atoms with E-state index in [-0.39, 0.29) is 0 Å². The average Bonchev–Trinajstić information content (AvgIpc) is 2.50. The first-order valence-electron chi connectivity index (χ1n) is 8.36. The van der Waals surface area contributed by atoms with Crippen LogP contribution in [0.25, 0.3) is 0 Å². The smallest absolute Gasteiger partial charge is 0.0252 e. The highest BCUT2D eigenvalue weighted by Gasteiger charge is 2.45. The lowest BCUT2D eigenvalue weighted by molar-refractivity contribution is 0.0199. The summed E-state index contributed by atoms with van der Waals surface area (Å²) in [5, 5.41) is 7.50. The van der Waals surface area contributed by atoms with Gasteiger partial charge in [-0.25, -0.2) is 0 Å². The van der Waals surface area contributed by atoms with Gasteiger partial charge in [0.25, 0.3) is 0 Å². The van der Waals surface area contributed by atoms with E-state index in [2.05, 4.69) is 10.6 Å². The van der Waals surface area contributed by atoms with Crippen molar-refractivity contribution in [2.24, 2.45) is 11.3 Å². The zero-order valence-corrected chi connectivity index (χ0v) is 11.8. The minimum absolute atomic E-state index is 0.645. The molecule has 3 rings (SSSR count). The van der Waals surface area contributed by atoms with Crippen molar-refractivity contribution in [2.75, 3.05) is 19.6 Å². The van der Waals surface area contributed by atoms with Crippen LogP contribution in [-0.4, -0.2) is 25.7 Å². The van der Waals surface area contributed by atoms with E-state index >= 15 is 0 Å². The molecule has 1 atom stereocenters. The van der Waals surface area contributed by atoms with Gasteiger partial charge in [0.2, 0.25) is 0 Å². The lowest BCUT2D eigenvalue weighted by atomic mass is 9.58. The van der Waals surface area contributed by atoms with Crippen molar-refractivity contribution < 1.29 is 0 Å². The fourth-order valence-corrected chi connectivity index (χ4v) is 4.99. The maximum atomic E-state index is 3.86. The summed E-state index contributed by atoms with van der Waals surface area (Å²) in [6.07, 6.45) is 14.9. The van der Waals surface area contributed by atoms with Gasteiger partial charge in [-0.15, -0.1) is 0 Å². The van der Waals surface area contributed by atoms with Crippen molar-refractivity contribution in [1.82, 2.24) is 10.6 Å². The van der Waals surface area contributed by atoms with Crippen molar-refractivity contribution in [2.45, 2.75) is 70.3 Å². The van der Waals surface area contributed by atoms with E-state index in [9.17, 15) is 0 Å². The summed E-state index contributed by atoms with van der Waals surface area (Å²) < 4.78 is 0. The Morgan fingerprint density at radius 3 is 2.17 bits per heavy atom. The van der Waals surface area contributed by atoms with E-state index in [0.29, 0.717) is 5.41 Å². The molecular weight excluding hydrogens is 220 g/mol. The summed E-state index contributed by atoms with van der Waals surface area (Å²) in [5.74, 6) is 1.02. The Labute approximate surface area is 112 Å². The van der Waals surface area contributed by atoms with Crippen LogP contribution in [0.2, 0.25) is 0 Å². The molecular formula is C16H30N2. The largest absolute Gasteiger partial charge is 0.314 e. The topological polar surface area (TPSA) is 24.1 Å². The molecule has 0 aromatic heterocycles. The highest BCUT2D eigenvalue weighted by molar-refractivity contribution is 5.00. The lowest BCUT2D eigenvalue weighted by Crippen LogP contribution is -2.59. The molecule has 0 aromatic rings. The summed E-state index contributed by atoms with van der Waals surface area (Å²) in [4.78, 5) is 0. The first-order chi connectivity index (χ1) is 8.92. The van der Waals surface area contributed by atoms with Crippen LogP contribution in [0, 0.1) is 11.3 Å². The Hall–Kier alpha value is -0.0800. The fraction of sp³-hybridized carbons (Fsp3) is 1.00. The van der Waals surface area contributed by atoms with Crippen LogP contribution in [0.1, 0.15) is 64.2 Å². The van der Waals surface area contributed by atoms with Crippen molar-refractivity contribution in [3.63, 3.8) is 0 Å². The van der Waals surface area contributed by atoms with E-state index in [4.69, 9.17) is 0 Å². The molecule has 0 amide bonds. The van der Waals surface area contributed by atoms with E-state index in [1.54, 1.807) is 0 Å². The second kappa shape index (κ2) is 5.92. The molecule has 104 valence electrons. The summed E-state index contributed by atoms with van der Waals surface area (Å²) >= 11 is 0. The van der Waals surface area contributed by atoms with Gasteiger partial charge < -0.3 is 10.6 Å². The van der Waals surface area contributed by atoms with Gasteiger partial charge in [0.15, 0.2) is 0 Å². The predicted octanol–water partition coefficient (Wildman–Crippen LogP) is 3.08. The molecule has 1 aliphatic heterocycles. The number of piperazine rings is 1. The molecule has 3 fully saturated rings. The fourth-order valence-electron chi connectivity index (χ4n) is 4.99. The highest BCUT2D eigenvalue weighted by Crippen LogP contribution is 2.50. The number of nitrogens with one attached hydrogen (secondary N) is 2. The number of hydrogen-bond donors (Lipinski definition) is 2. The summed E-state index contributed by atoms with van der Waals surface area (Å²) in [6, 6.07) is 0.759. The Balaban J connectivity index is 1.77. The number of hydrogen-bond acceptors (Lipinski definition) is 2. The van der Waals surface area contributed by atoms with Gasteiger partial charge in [0.05, 0.1) is 0 Å². The third-order valence-electron chi connectivity index (χ3n) is 5.94. The van der Waals surface area contributed by atoms with Crippen molar-refractivity contribution in [3.8, 4) is 0 Å². The molecule has 18 heavy (non-hydrogen) atoms. The molecule has 1 unspecified atom stereocenters. The summed E-state index contributed by atoms with van der Waals surface area (Å²) in [5.41, 5.74) is 0.645. The van der Waals surface area contributed by atoms with Crippen molar-refractivity contribution in [3.05, 3.63) is 0 Å². The van der Waals surface area contributed by atoms with Crippen LogP contribution in [0.5, 0.6) is 0 Å². The molecule has 2 nitrogen and oxygen atoms in total. The third-order valence-corrected chi connectivity index (χ3v) is 5.94. The average molecular weight is 250 g/mol. The standard InChI is InChI=1S/C16H30N2/c1-3-7-14(8-4-1)16(9-5-2-6-10-16)15-13-17-11-12-18-15/h14-15,17-18H,1-13H2. The van der Waals surface area contributed by atoms with Gasteiger partial charge in [-0.3, -0.25) is 0 Å². The van der Waals surface area contributed by atoms with E-state index in [1.807, 2.05) is 0 Å². The van der Waals surface area contributed by atoms with Gasteiger partial charge in [0.1, 0.15) is 0 Å². The van der Waals surface area contributed by atoms with Crippen LogP contribution in [0.4, 0.5) is 0 Å². The van der Waals surface area contributed by atoms with Crippen LogP contribution in [-0.2, 0) is 0 Å². The maximum Gasteiger partial charge on any atom is 0.0252 e. The molecule has 1 saturated heterocycles. The van der Waals surface area contributed by atoms with Gasteiger partial charge in [-0.05, 0) is 37.0 Å². The molecule has 0 radical (unpaired) electrons. The van der Waals surface area contributed by atoms with Crippen LogP contribution in [0.15, 0.2) is 0 Å². The Bertz CT molecular complexity index is 226. The lowest BCUT2D eigenvalue weighted by Gasteiger charge is -2.52. The third kappa shape index (κ3) is 2.46. The van der Waals surface area contributed by atoms with Gasteiger partial charge in [-0.2, -0.15) is 0 Å². The molecule has 3 aliphatic rings. The van der Waals surface area contributed by atoms with Gasteiger partial charge >= 0.3 is 0 Å². The van der Waals surface area contributed by atoms with E-state index in [1.165, 1.54) is 77.3 Å².